The van der Waals surface area contributed by atoms with Gasteiger partial charge in [-0.1, -0.05) is 71.9 Å². The molecule has 0 aliphatic heterocycles. The standard InChI is InChI=1S/C25H42O2/c1-5-24(2,3)16-10-7-6-8-12-20-14-15-21(23(27)22(20)26)13-9-11-17-25(4)18-19-25/h14-15,26-27H,5-13,16-19H2,1-4H3. The molecule has 1 aliphatic carbocycles. The molecule has 0 spiro atoms. The molecule has 2 rings (SSSR count). The van der Waals surface area contributed by atoms with Crippen molar-refractivity contribution >= 4 is 0 Å². The molecule has 0 radical (unpaired) electrons. The summed E-state index contributed by atoms with van der Waals surface area (Å²) < 4.78 is 0. The smallest absolute Gasteiger partial charge is 0.160 e. The van der Waals surface area contributed by atoms with Gasteiger partial charge in [0.25, 0.3) is 0 Å². The fraction of sp³-hybridized carbons (Fsp3) is 0.760. The molecule has 0 heterocycles. The van der Waals surface area contributed by atoms with Crippen LogP contribution in [-0.2, 0) is 12.8 Å². The van der Waals surface area contributed by atoms with Gasteiger partial charge in [-0.15, -0.1) is 0 Å². The van der Waals surface area contributed by atoms with E-state index < -0.39 is 0 Å². The Labute approximate surface area is 167 Å². The minimum absolute atomic E-state index is 0.119. The van der Waals surface area contributed by atoms with Crippen molar-refractivity contribution in [2.24, 2.45) is 10.8 Å². The molecule has 2 heteroatoms. The number of aryl methyl sites for hydroxylation is 2. The highest BCUT2D eigenvalue weighted by Crippen LogP contribution is 2.49. The molecule has 1 fully saturated rings. The van der Waals surface area contributed by atoms with Gasteiger partial charge >= 0.3 is 0 Å². The zero-order chi connectivity index (χ0) is 19.9. The van der Waals surface area contributed by atoms with E-state index >= 15 is 0 Å². The number of phenols is 2. The van der Waals surface area contributed by atoms with E-state index in [0.717, 1.165) is 36.8 Å². The monoisotopic (exact) mass is 374 g/mol. The number of hydrogen-bond acceptors (Lipinski definition) is 2. The van der Waals surface area contributed by atoms with Gasteiger partial charge < -0.3 is 10.2 Å². The van der Waals surface area contributed by atoms with Crippen LogP contribution < -0.4 is 0 Å². The first-order chi connectivity index (χ1) is 12.8. The molecule has 0 atom stereocenters. The maximum Gasteiger partial charge on any atom is 0.160 e. The highest BCUT2D eigenvalue weighted by Gasteiger charge is 2.35. The Morgan fingerprint density at radius 3 is 1.89 bits per heavy atom. The highest BCUT2D eigenvalue weighted by atomic mass is 16.3. The second-order valence-corrected chi connectivity index (χ2v) is 10.0. The third-order valence-electron chi connectivity index (χ3n) is 6.91. The van der Waals surface area contributed by atoms with Crippen molar-refractivity contribution in [1.29, 1.82) is 0 Å². The predicted octanol–water partition coefficient (Wildman–Crippen LogP) is 7.54. The number of rotatable bonds is 13. The molecule has 1 aromatic rings. The summed E-state index contributed by atoms with van der Waals surface area (Å²) in [7, 11) is 0. The second kappa shape index (κ2) is 9.85. The van der Waals surface area contributed by atoms with Gasteiger partial charge in [0.05, 0.1) is 0 Å². The van der Waals surface area contributed by atoms with E-state index in [1.165, 1.54) is 57.8 Å². The molecule has 1 aromatic carbocycles. The molecular formula is C25H42O2. The summed E-state index contributed by atoms with van der Waals surface area (Å²) in [5.41, 5.74) is 2.88. The van der Waals surface area contributed by atoms with Gasteiger partial charge in [0.15, 0.2) is 11.5 Å². The molecule has 0 aromatic heterocycles. The van der Waals surface area contributed by atoms with E-state index in [0.29, 0.717) is 10.8 Å². The Balaban J connectivity index is 1.68. The van der Waals surface area contributed by atoms with Crippen LogP contribution in [0.25, 0.3) is 0 Å². The zero-order valence-corrected chi connectivity index (χ0v) is 18.2. The number of benzene rings is 1. The first-order valence-corrected chi connectivity index (χ1v) is 11.3. The average molecular weight is 375 g/mol. The van der Waals surface area contributed by atoms with Crippen LogP contribution in [0.4, 0.5) is 0 Å². The molecule has 1 aliphatic rings. The number of aromatic hydroxyl groups is 2. The maximum absolute atomic E-state index is 10.4. The minimum Gasteiger partial charge on any atom is -0.504 e. The Morgan fingerprint density at radius 1 is 0.852 bits per heavy atom. The van der Waals surface area contributed by atoms with Gasteiger partial charge in [-0.25, -0.2) is 0 Å². The Bertz CT molecular complexity index is 584. The lowest BCUT2D eigenvalue weighted by Crippen LogP contribution is -2.08. The summed E-state index contributed by atoms with van der Waals surface area (Å²) >= 11 is 0. The lowest BCUT2D eigenvalue weighted by atomic mass is 9.84. The zero-order valence-electron chi connectivity index (χ0n) is 18.2. The summed E-state index contributed by atoms with van der Waals surface area (Å²) in [4.78, 5) is 0. The molecular weight excluding hydrogens is 332 g/mol. The van der Waals surface area contributed by atoms with Gasteiger partial charge in [0.1, 0.15) is 0 Å². The Hall–Kier alpha value is -1.18. The summed E-state index contributed by atoms with van der Waals surface area (Å²) in [5, 5.41) is 20.7. The quantitative estimate of drug-likeness (QED) is 0.276. The van der Waals surface area contributed by atoms with Crippen LogP contribution in [0.3, 0.4) is 0 Å². The van der Waals surface area contributed by atoms with E-state index in [4.69, 9.17) is 0 Å². The molecule has 0 amide bonds. The van der Waals surface area contributed by atoms with Crippen molar-refractivity contribution in [2.45, 2.75) is 111 Å². The average Bonchev–Trinajstić information content (AvgIpc) is 3.37. The second-order valence-electron chi connectivity index (χ2n) is 10.0. The molecule has 0 unspecified atom stereocenters. The first kappa shape index (κ1) is 22.1. The van der Waals surface area contributed by atoms with Gasteiger partial charge in [0.2, 0.25) is 0 Å². The summed E-state index contributed by atoms with van der Waals surface area (Å²) in [6.07, 6.45) is 15.4. The normalized spacial score (nSPS) is 15.9. The van der Waals surface area contributed by atoms with E-state index in [-0.39, 0.29) is 11.5 Å². The van der Waals surface area contributed by atoms with Gasteiger partial charge in [-0.2, -0.15) is 0 Å². The van der Waals surface area contributed by atoms with Crippen molar-refractivity contribution in [3.05, 3.63) is 23.3 Å². The predicted molar refractivity (Wildman–Crippen MR) is 116 cm³/mol. The van der Waals surface area contributed by atoms with Crippen LogP contribution in [-0.4, -0.2) is 10.2 Å². The van der Waals surface area contributed by atoms with Gasteiger partial charge in [-0.05, 0) is 73.3 Å². The van der Waals surface area contributed by atoms with Crippen LogP contribution in [0.5, 0.6) is 11.5 Å². The molecule has 0 saturated heterocycles. The van der Waals surface area contributed by atoms with Crippen molar-refractivity contribution < 1.29 is 10.2 Å². The number of phenolic OH excluding ortho intramolecular Hbond substituents is 2. The molecule has 1 saturated carbocycles. The lowest BCUT2D eigenvalue weighted by Gasteiger charge is -2.22. The largest absolute Gasteiger partial charge is 0.504 e. The third-order valence-corrected chi connectivity index (χ3v) is 6.91. The van der Waals surface area contributed by atoms with Crippen LogP contribution in [0.15, 0.2) is 12.1 Å². The third kappa shape index (κ3) is 7.39. The lowest BCUT2D eigenvalue weighted by molar-refractivity contribution is 0.307. The van der Waals surface area contributed by atoms with Crippen molar-refractivity contribution in [1.82, 2.24) is 0 Å². The number of hydrogen-bond donors (Lipinski definition) is 2. The molecule has 2 N–H and O–H groups in total. The van der Waals surface area contributed by atoms with E-state index in [1.54, 1.807) is 0 Å². The van der Waals surface area contributed by atoms with E-state index in [9.17, 15) is 10.2 Å². The molecule has 27 heavy (non-hydrogen) atoms. The minimum atomic E-state index is 0.119. The highest BCUT2D eigenvalue weighted by molar-refractivity contribution is 5.50. The van der Waals surface area contributed by atoms with Gasteiger partial charge in [0, 0.05) is 0 Å². The fourth-order valence-electron chi connectivity index (χ4n) is 3.85. The summed E-state index contributed by atoms with van der Waals surface area (Å²) in [6, 6.07) is 4.04. The molecule has 0 bridgehead atoms. The number of unbranched alkanes of at least 4 members (excludes halogenated alkanes) is 4. The van der Waals surface area contributed by atoms with E-state index in [2.05, 4.69) is 27.7 Å². The fourth-order valence-corrected chi connectivity index (χ4v) is 3.85. The topological polar surface area (TPSA) is 40.5 Å². The van der Waals surface area contributed by atoms with Crippen molar-refractivity contribution in [2.75, 3.05) is 0 Å². The van der Waals surface area contributed by atoms with Crippen LogP contribution in [0.1, 0.15) is 109 Å². The van der Waals surface area contributed by atoms with Crippen LogP contribution >= 0.6 is 0 Å². The van der Waals surface area contributed by atoms with Gasteiger partial charge in [-0.3, -0.25) is 0 Å². The summed E-state index contributed by atoms with van der Waals surface area (Å²) in [5.74, 6) is 0.239. The first-order valence-electron chi connectivity index (χ1n) is 11.3. The van der Waals surface area contributed by atoms with Crippen molar-refractivity contribution in [3.63, 3.8) is 0 Å². The molecule has 2 nitrogen and oxygen atoms in total. The van der Waals surface area contributed by atoms with Crippen LogP contribution in [0.2, 0.25) is 0 Å². The maximum atomic E-state index is 10.4. The SMILES string of the molecule is CCC(C)(C)CCCCCCc1ccc(CCCCC2(C)CC2)c(O)c1O. The Kier molecular flexibility index (Phi) is 8.06. The van der Waals surface area contributed by atoms with Crippen LogP contribution in [0, 0.1) is 10.8 Å². The Morgan fingerprint density at radius 2 is 1.37 bits per heavy atom. The van der Waals surface area contributed by atoms with Crippen molar-refractivity contribution in [3.8, 4) is 11.5 Å². The molecule has 154 valence electrons. The van der Waals surface area contributed by atoms with E-state index in [1.807, 2.05) is 12.1 Å². The summed E-state index contributed by atoms with van der Waals surface area (Å²) in [6.45, 7) is 9.34.